The molecule has 2 aromatic rings. The highest BCUT2D eigenvalue weighted by Crippen LogP contribution is 2.33. The molecule has 132 valence electrons. The lowest BCUT2D eigenvalue weighted by atomic mass is 10.1. The molecular formula is C19H24N4O2. The zero-order valence-corrected chi connectivity index (χ0v) is 15.0. The lowest BCUT2D eigenvalue weighted by Crippen LogP contribution is -2.31. The van der Waals surface area contributed by atoms with Crippen molar-refractivity contribution >= 4 is 11.7 Å². The molecule has 0 radical (unpaired) electrons. The van der Waals surface area contributed by atoms with Gasteiger partial charge in [0.1, 0.15) is 11.6 Å². The highest BCUT2D eigenvalue weighted by molar-refractivity contribution is 5.94. The molecule has 6 nitrogen and oxygen atoms in total. The Morgan fingerprint density at radius 2 is 2.20 bits per heavy atom. The molecule has 6 heteroatoms. The second-order valence-electron chi connectivity index (χ2n) is 6.27. The Labute approximate surface area is 148 Å². The molecular weight excluding hydrogens is 316 g/mol. The van der Waals surface area contributed by atoms with Crippen molar-refractivity contribution in [2.45, 2.75) is 32.4 Å². The number of carbonyl (C=O) groups is 1. The third kappa shape index (κ3) is 3.79. The SMILES string of the molecule is CNc1cc(C2CCCN2C(=O)c2cccc(COC)c2)nc(C)n1. The molecule has 0 bridgehead atoms. The minimum atomic E-state index is -0.00705. The summed E-state index contributed by atoms with van der Waals surface area (Å²) in [6.07, 6.45) is 1.90. The Morgan fingerprint density at radius 1 is 1.36 bits per heavy atom. The molecule has 1 atom stereocenters. The summed E-state index contributed by atoms with van der Waals surface area (Å²) in [5.74, 6) is 1.54. The number of anilines is 1. The molecule has 3 rings (SSSR count). The van der Waals surface area contributed by atoms with Crippen molar-refractivity contribution in [2.24, 2.45) is 0 Å². The van der Waals surface area contributed by atoms with Crippen molar-refractivity contribution in [1.29, 1.82) is 0 Å². The molecule has 1 amide bonds. The maximum Gasteiger partial charge on any atom is 0.254 e. The summed E-state index contributed by atoms with van der Waals surface area (Å²) in [4.78, 5) is 23.9. The molecule has 0 saturated carbocycles. The van der Waals surface area contributed by atoms with Gasteiger partial charge >= 0.3 is 0 Å². The van der Waals surface area contributed by atoms with E-state index < -0.39 is 0 Å². The Kier molecular flexibility index (Phi) is 5.28. The van der Waals surface area contributed by atoms with Crippen molar-refractivity contribution in [1.82, 2.24) is 14.9 Å². The number of nitrogens with zero attached hydrogens (tertiary/aromatic N) is 3. The summed E-state index contributed by atoms with van der Waals surface area (Å²) < 4.78 is 5.17. The number of likely N-dealkylation sites (tertiary alicyclic amines) is 1. The molecule has 1 aromatic heterocycles. The van der Waals surface area contributed by atoms with Gasteiger partial charge in [-0.05, 0) is 37.5 Å². The number of ether oxygens (including phenoxy) is 1. The van der Waals surface area contributed by atoms with Gasteiger partial charge in [0.25, 0.3) is 5.91 Å². The van der Waals surface area contributed by atoms with Crippen LogP contribution in [0, 0.1) is 6.92 Å². The van der Waals surface area contributed by atoms with E-state index in [1.165, 1.54) is 0 Å². The first-order valence-electron chi connectivity index (χ1n) is 8.54. The Morgan fingerprint density at radius 3 is 2.96 bits per heavy atom. The number of nitrogens with one attached hydrogen (secondary N) is 1. The van der Waals surface area contributed by atoms with Crippen molar-refractivity contribution in [3.8, 4) is 0 Å². The van der Waals surface area contributed by atoms with Crippen LogP contribution in [0.25, 0.3) is 0 Å². The van der Waals surface area contributed by atoms with Crippen LogP contribution in [0.1, 0.15) is 46.3 Å². The van der Waals surface area contributed by atoms with E-state index in [0.29, 0.717) is 18.0 Å². The number of aryl methyl sites for hydroxylation is 1. The zero-order valence-electron chi connectivity index (χ0n) is 15.0. The molecule has 1 aromatic carbocycles. The summed E-state index contributed by atoms with van der Waals surface area (Å²) >= 11 is 0. The second kappa shape index (κ2) is 7.61. The van der Waals surface area contributed by atoms with Crippen LogP contribution in [0.3, 0.4) is 0 Å². The standard InChI is InChI=1S/C19H24N4O2/c1-13-21-16(11-18(20-2)22-13)17-8-5-9-23(17)19(24)15-7-4-6-14(10-15)12-25-3/h4,6-7,10-11,17H,5,8-9,12H2,1-3H3,(H,20,21,22). The van der Waals surface area contributed by atoms with Crippen molar-refractivity contribution in [2.75, 3.05) is 26.0 Å². The van der Waals surface area contributed by atoms with Gasteiger partial charge < -0.3 is 15.0 Å². The number of rotatable bonds is 5. The Hall–Kier alpha value is -2.47. The van der Waals surface area contributed by atoms with Gasteiger partial charge in [-0.1, -0.05) is 12.1 Å². The topological polar surface area (TPSA) is 67.4 Å². The minimum absolute atomic E-state index is 0.00705. The number of aromatic nitrogens is 2. The van der Waals surface area contributed by atoms with Gasteiger partial charge in [0, 0.05) is 32.3 Å². The molecule has 1 aliphatic rings. The lowest BCUT2D eigenvalue weighted by molar-refractivity contribution is 0.0732. The molecule has 1 aliphatic heterocycles. The second-order valence-corrected chi connectivity index (χ2v) is 6.27. The van der Waals surface area contributed by atoms with Crippen molar-refractivity contribution in [3.63, 3.8) is 0 Å². The molecule has 1 fully saturated rings. The molecule has 0 aliphatic carbocycles. The minimum Gasteiger partial charge on any atom is -0.380 e. The Bertz CT molecular complexity index is 763. The third-order valence-electron chi connectivity index (χ3n) is 4.45. The fourth-order valence-electron chi connectivity index (χ4n) is 3.33. The van der Waals surface area contributed by atoms with Crippen LogP contribution in [0.5, 0.6) is 0 Å². The van der Waals surface area contributed by atoms with E-state index in [9.17, 15) is 4.79 Å². The van der Waals surface area contributed by atoms with Crippen LogP contribution >= 0.6 is 0 Å². The number of methoxy groups -OCH3 is 1. The number of amides is 1. The summed E-state index contributed by atoms with van der Waals surface area (Å²) in [5.41, 5.74) is 2.59. The van der Waals surface area contributed by atoms with E-state index in [2.05, 4.69) is 15.3 Å². The van der Waals surface area contributed by atoms with Gasteiger partial charge in [-0.25, -0.2) is 9.97 Å². The van der Waals surface area contributed by atoms with Gasteiger partial charge in [0.15, 0.2) is 0 Å². The van der Waals surface area contributed by atoms with Gasteiger partial charge in [-0.2, -0.15) is 0 Å². The first-order chi connectivity index (χ1) is 12.1. The maximum atomic E-state index is 13.1. The number of hydrogen-bond donors (Lipinski definition) is 1. The van der Waals surface area contributed by atoms with E-state index in [-0.39, 0.29) is 11.9 Å². The number of benzene rings is 1. The molecule has 2 heterocycles. The monoisotopic (exact) mass is 340 g/mol. The summed E-state index contributed by atoms with van der Waals surface area (Å²) in [7, 11) is 3.49. The number of hydrogen-bond acceptors (Lipinski definition) is 5. The van der Waals surface area contributed by atoms with Crippen LogP contribution < -0.4 is 5.32 Å². The van der Waals surface area contributed by atoms with E-state index in [1.807, 2.05) is 49.2 Å². The highest BCUT2D eigenvalue weighted by atomic mass is 16.5. The quantitative estimate of drug-likeness (QED) is 0.906. The van der Waals surface area contributed by atoms with Gasteiger partial charge in [-0.3, -0.25) is 4.79 Å². The first-order valence-corrected chi connectivity index (χ1v) is 8.54. The summed E-state index contributed by atoms with van der Waals surface area (Å²) in [6.45, 7) is 3.12. The molecule has 25 heavy (non-hydrogen) atoms. The molecule has 0 spiro atoms. The summed E-state index contributed by atoms with van der Waals surface area (Å²) in [5, 5.41) is 3.06. The van der Waals surface area contributed by atoms with Crippen LogP contribution in [0.2, 0.25) is 0 Å². The van der Waals surface area contributed by atoms with Crippen molar-refractivity contribution < 1.29 is 9.53 Å². The smallest absolute Gasteiger partial charge is 0.254 e. The third-order valence-corrected chi connectivity index (χ3v) is 4.45. The zero-order chi connectivity index (χ0) is 17.8. The van der Waals surface area contributed by atoms with Gasteiger partial charge in [0.05, 0.1) is 18.3 Å². The average molecular weight is 340 g/mol. The summed E-state index contributed by atoms with van der Waals surface area (Å²) in [6, 6.07) is 9.57. The van der Waals surface area contributed by atoms with Crippen LogP contribution in [-0.2, 0) is 11.3 Å². The van der Waals surface area contributed by atoms with Crippen molar-refractivity contribution in [3.05, 3.63) is 53.0 Å². The fourth-order valence-corrected chi connectivity index (χ4v) is 3.33. The van der Waals surface area contributed by atoms with E-state index in [0.717, 1.165) is 36.5 Å². The van der Waals surface area contributed by atoms with Crippen LogP contribution in [0.15, 0.2) is 30.3 Å². The average Bonchev–Trinajstić information content (AvgIpc) is 3.11. The lowest BCUT2D eigenvalue weighted by Gasteiger charge is -2.25. The van der Waals surface area contributed by atoms with E-state index in [4.69, 9.17) is 4.74 Å². The number of carbonyl (C=O) groups excluding carboxylic acids is 1. The molecule has 1 N–H and O–H groups in total. The van der Waals surface area contributed by atoms with E-state index >= 15 is 0 Å². The normalized spacial score (nSPS) is 16.9. The predicted octanol–water partition coefficient (Wildman–Crippen LogP) is 2.95. The molecule has 1 saturated heterocycles. The Balaban J connectivity index is 1.87. The fraction of sp³-hybridized carbons (Fsp3) is 0.421. The first kappa shape index (κ1) is 17.4. The maximum absolute atomic E-state index is 13.1. The van der Waals surface area contributed by atoms with E-state index in [1.54, 1.807) is 7.11 Å². The van der Waals surface area contributed by atoms with Gasteiger partial charge in [-0.15, -0.1) is 0 Å². The van der Waals surface area contributed by atoms with Crippen LogP contribution in [0.4, 0.5) is 5.82 Å². The molecule has 1 unspecified atom stereocenters. The van der Waals surface area contributed by atoms with Crippen LogP contribution in [-0.4, -0.2) is 41.5 Å². The highest BCUT2D eigenvalue weighted by Gasteiger charge is 2.32. The van der Waals surface area contributed by atoms with Gasteiger partial charge in [0.2, 0.25) is 0 Å². The largest absolute Gasteiger partial charge is 0.380 e. The predicted molar refractivity (Wildman–Crippen MR) is 96.5 cm³/mol.